The number of benzene rings is 3. The Balaban J connectivity index is 1.23. The number of amides is 2. The molecular formula is C33H38N6O6S. The van der Waals surface area contributed by atoms with Crippen molar-refractivity contribution in [1.29, 1.82) is 0 Å². The van der Waals surface area contributed by atoms with Crippen molar-refractivity contribution in [3.63, 3.8) is 0 Å². The average molecular weight is 647 g/mol. The first-order chi connectivity index (χ1) is 22.3. The van der Waals surface area contributed by atoms with Gasteiger partial charge < -0.3 is 30.0 Å². The van der Waals surface area contributed by atoms with Crippen molar-refractivity contribution in [3.05, 3.63) is 107 Å². The molecule has 3 aromatic carbocycles. The number of nitrogens with zero attached hydrogens (tertiary/aromatic N) is 4. The number of carbonyl (C=O) groups excluding carboxylic acids is 2. The van der Waals surface area contributed by atoms with Gasteiger partial charge in [-0.2, -0.15) is 0 Å². The Morgan fingerprint density at radius 1 is 0.978 bits per heavy atom. The molecule has 12 nitrogen and oxygen atoms in total. The van der Waals surface area contributed by atoms with E-state index in [-0.39, 0.29) is 31.3 Å². The van der Waals surface area contributed by atoms with Crippen LogP contribution in [-0.4, -0.2) is 62.3 Å². The summed E-state index contributed by atoms with van der Waals surface area (Å²) in [6, 6.07) is 23.6. The molecular weight excluding hydrogens is 608 g/mol. The number of hydrogen-bond donors (Lipinski definition) is 3. The Morgan fingerprint density at radius 2 is 1.67 bits per heavy atom. The van der Waals surface area contributed by atoms with Gasteiger partial charge in [-0.15, -0.1) is 5.10 Å². The summed E-state index contributed by atoms with van der Waals surface area (Å²) in [5.41, 5.74) is 4.43. The topological polar surface area (TPSA) is 150 Å². The molecule has 0 spiro atoms. The maximum atomic E-state index is 12.7. The molecule has 0 radical (unpaired) electrons. The van der Waals surface area contributed by atoms with Gasteiger partial charge in [0.15, 0.2) is 6.29 Å². The lowest BCUT2D eigenvalue weighted by Gasteiger charge is -2.41. The van der Waals surface area contributed by atoms with Crippen LogP contribution in [0.4, 0.5) is 4.79 Å². The van der Waals surface area contributed by atoms with E-state index in [0.717, 1.165) is 27.8 Å². The fourth-order valence-electron chi connectivity index (χ4n) is 5.18. The fraction of sp³-hybridized carbons (Fsp3) is 0.364. The molecule has 1 aliphatic rings. The summed E-state index contributed by atoms with van der Waals surface area (Å²) < 4.78 is 19.6. The van der Waals surface area contributed by atoms with Gasteiger partial charge in [-0.05, 0) is 32.7 Å². The van der Waals surface area contributed by atoms with E-state index in [1.807, 2.05) is 78.9 Å². The summed E-state index contributed by atoms with van der Waals surface area (Å²) in [7, 11) is 3.10. The number of methoxy groups -OCH3 is 1. The van der Waals surface area contributed by atoms with Crippen molar-refractivity contribution in [2.75, 3.05) is 12.9 Å². The number of esters is 1. The molecule has 5 rings (SSSR count). The number of hydrogen-bond acceptors (Lipinski definition) is 10. The highest BCUT2D eigenvalue weighted by atomic mass is 32.2. The molecule has 242 valence electrons. The van der Waals surface area contributed by atoms with Crippen molar-refractivity contribution in [2.45, 2.75) is 56.2 Å². The van der Waals surface area contributed by atoms with Crippen LogP contribution in [0.1, 0.15) is 47.1 Å². The largest absolute Gasteiger partial charge is 0.467 e. The second kappa shape index (κ2) is 15.8. The highest BCUT2D eigenvalue weighted by Crippen LogP contribution is 2.42. The normalized spacial score (nSPS) is 20.1. The van der Waals surface area contributed by atoms with Gasteiger partial charge in [-0.3, -0.25) is 0 Å². The molecule has 5 unspecified atom stereocenters. The van der Waals surface area contributed by atoms with E-state index >= 15 is 0 Å². The Kier molecular flexibility index (Phi) is 11.4. The monoisotopic (exact) mass is 646 g/mol. The molecule has 1 aliphatic heterocycles. The van der Waals surface area contributed by atoms with E-state index in [1.165, 1.54) is 18.9 Å². The number of urea groups is 1. The number of aryl methyl sites for hydroxylation is 1. The molecule has 0 saturated carbocycles. The first-order valence-electron chi connectivity index (χ1n) is 14.9. The molecule has 2 amide bonds. The number of aliphatic hydroxyl groups excluding tert-OH is 1. The Morgan fingerprint density at radius 3 is 2.33 bits per heavy atom. The second-order valence-corrected chi connectivity index (χ2v) is 12.0. The van der Waals surface area contributed by atoms with E-state index in [9.17, 15) is 14.7 Å². The molecule has 46 heavy (non-hydrogen) atoms. The predicted octanol–water partition coefficient (Wildman–Crippen LogP) is 3.87. The highest BCUT2D eigenvalue weighted by molar-refractivity contribution is 7.99. The Hall–Kier alpha value is -4.30. The molecule has 13 heteroatoms. The van der Waals surface area contributed by atoms with Crippen molar-refractivity contribution in [1.82, 2.24) is 30.8 Å². The summed E-state index contributed by atoms with van der Waals surface area (Å²) in [5, 5.41) is 27.5. The van der Waals surface area contributed by atoms with Gasteiger partial charge in [0.05, 0.1) is 25.9 Å². The minimum Gasteiger partial charge on any atom is -0.467 e. The quantitative estimate of drug-likeness (QED) is 0.153. The molecule has 1 fully saturated rings. The van der Waals surface area contributed by atoms with Gasteiger partial charge in [0.1, 0.15) is 6.04 Å². The third-order valence-electron chi connectivity index (χ3n) is 7.86. The number of aromatic nitrogens is 4. The number of ether oxygens (including phenoxy) is 3. The molecule has 0 bridgehead atoms. The number of aliphatic hydroxyl groups is 1. The van der Waals surface area contributed by atoms with E-state index < -0.39 is 24.3 Å². The van der Waals surface area contributed by atoms with Gasteiger partial charge in [0.2, 0.25) is 5.16 Å². The van der Waals surface area contributed by atoms with Crippen LogP contribution in [-0.2, 0) is 45.6 Å². The van der Waals surface area contributed by atoms with Gasteiger partial charge in [-0.25, -0.2) is 14.3 Å². The number of carbonyl (C=O) groups is 2. The van der Waals surface area contributed by atoms with Crippen molar-refractivity contribution >= 4 is 23.8 Å². The van der Waals surface area contributed by atoms with Crippen molar-refractivity contribution in [2.24, 2.45) is 13.0 Å². The van der Waals surface area contributed by atoms with Crippen LogP contribution in [0.5, 0.6) is 0 Å². The van der Waals surface area contributed by atoms with Gasteiger partial charge in [-0.1, -0.05) is 97.5 Å². The standard InChI is InChI=1S/C33H38N6O6S/c1-21-28(20-46-33-36-37-38-39(33)2)44-31(45-29(21)25-13-11-24(19-40)12-14-25)26-15-9-23(10-16-26)18-34-32(42)35-27(30(41)43-3)17-22-7-5-4-6-8-22/h4-16,21,27-29,31,40H,17-20H2,1-3H3,(H2,34,35,42). The first kappa shape index (κ1) is 33.1. The number of rotatable bonds is 12. The van der Waals surface area contributed by atoms with Crippen molar-refractivity contribution in [3.8, 4) is 0 Å². The van der Waals surface area contributed by atoms with Crippen LogP contribution in [0.2, 0.25) is 0 Å². The lowest BCUT2D eigenvalue weighted by atomic mass is 9.91. The minimum absolute atomic E-state index is 0.0163. The molecule has 1 aromatic heterocycles. The summed E-state index contributed by atoms with van der Waals surface area (Å²) >= 11 is 1.52. The van der Waals surface area contributed by atoms with Crippen LogP contribution in [0.3, 0.4) is 0 Å². The van der Waals surface area contributed by atoms with E-state index in [4.69, 9.17) is 14.2 Å². The average Bonchev–Trinajstić information content (AvgIpc) is 3.51. The van der Waals surface area contributed by atoms with Gasteiger partial charge in [0.25, 0.3) is 0 Å². The molecule has 3 N–H and O–H groups in total. The minimum atomic E-state index is -0.818. The lowest BCUT2D eigenvalue weighted by molar-refractivity contribution is -0.268. The SMILES string of the molecule is COC(=O)C(Cc1ccccc1)NC(=O)NCc1ccc(C2OC(CSc3nnnn3C)C(C)C(c3ccc(CO)cc3)O2)cc1. The zero-order valence-electron chi connectivity index (χ0n) is 25.9. The fourth-order valence-corrected chi connectivity index (χ4v) is 6.19. The smallest absolute Gasteiger partial charge is 0.328 e. The van der Waals surface area contributed by atoms with E-state index in [2.05, 4.69) is 33.1 Å². The van der Waals surface area contributed by atoms with Gasteiger partial charge >= 0.3 is 12.0 Å². The Bertz CT molecular complexity index is 1570. The highest BCUT2D eigenvalue weighted by Gasteiger charge is 2.38. The summed E-state index contributed by atoms with van der Waals surface area (Å²) in [6.45, 7) is 2.32. The van der Waals surface area contributed by atoms with E-state index in [1.54, 1.807) is 11.7 Å². The van der Waals surface area contributed by atoms with Gasteiger partial charge in [0, 0.05) is 37.2 Å². The summed E-state index contributed by atoms with van der Waals surface area (Å²) in [6.07, 6.45) is -0.743. The zero-order valence-corrected chi connectivity index (χ0v) is 26.7. The van der Waals surface area contributed by atoms with Crippen LogP contribution in [0.25, 0.3) is 0 Å². The first-order valence-corrected chi connectivity index (χ1v) is 15.9. The van der Waals surface area contributed by atoms with E-state index in [0.29, 0.717) is 17.3 Å². The Labute approximate surface area is 271 Å². The number of nitrogens with one attached hydrogen (secondary N) is 2. The molecule has 2 heterocycles. The third kappa shape index (κ3) is 8.49. The number of tetrazole rings is 1. The van der Waals surface area contributed by atoms with Crippen LogP contribution < -0.4 is 10.6 Å². The molecule has 5 atom stereocenters. The van der Waals surface area contributed by atoms with Crippen LogP contribution in [0, 0.1) is 5.92 Å². The van der Waals surface area contributed by atoms with Crippen LogP contribution in [0.15, 0.2) is 84.0 Å². The molecule has 0 aliphatic carbocycles. The third-order valence-corrected chi connectivity index (χ3v) is 8.96. The summed E-state index contributed by atoms with van der Waals surface area (Å²) in [4.78, 5) is 25.0. The maximum absolute atomic E-state index is 12.7. The predicted molar refractivity (Wildman–Crippen MR) is 170 cm³/mol. The zero-order chi connectivity index (χ0) is 32.5. The summed E-state index contributed by atoms with van der Waals surface area (Å²) in [5.74, 6) is 0.120. The second-order valence-electron chi connectivity index (χ2n) is 11.1. The van der Waals surface area contributed by atoms with Crippen LogP contribution >= 0.6 is 11.8 Å². The van der Waals surface area contributed by atoms with Crippen molar-refractivity contribution < 1.29 is 28.9 Å². The maximum Gasteiger partial charge on any atom is 0.328 e. The number of thioether (sulfide) groups is 1. The lowest BCUT2D eigenvalue weighted by Crippen LogP contribution is -2.47. The molecule has 1 saturated heterocycles. The molecule has 4 aromatic rings.